The Labute approximate surface area is 125 Å². The molecule has 0 fully saturated rings. The minimum Gasteiger partial charge on any atom is -0.336 e. The first-order valence-electron chi connectivity index (χ1n) is 7.29. The zero-order valence-corrected chi connectivity index (χ0v) is 12.3. The Kier molecular flexibility index (Phi) is 3.52. The molecule has 1 heterocycles. The molecule has 0 saturated carbocycles. The largest absolute Gasteiger partial charge is 0.336 e. The van der Waals surface area contributed by atoms with Gasteiger partial charge in [0.1, 0.15) is 5.54 Å². The van der Waals surface area contributed by atoms with Crippen LogP contribution in [-0.2, 0) is 23.3 Å². The molecule has 2 aromatic rings. The standard InChI is InChI=1S/C18H20N2O/c1-18(19,16-9-3-2-4-10-16)17(21)20-12-11-14-7-5-6-8-15(14)13-20/h2-10H,11-13,19H2,1H3. The van der Waals surface area contributed by atoms with E-state index in [1.807, 2.05) is 47.4 Å². The molecule has 0 saturated heterocycles. The van der Waals surface area contributed by atoms with Crippen LogP contribution in [0.5, 0.6) is 0 Å². The fraction of sp³-hybridized carbons (Fsp3) is 0.278. The highest BCUT2D eigenvalue weighted by Crippen LogP contribution is 2.25. The van der Waals surface area contributed by atoms with Gasteiger partial charge in [0.2, 0.25) is 5.91 Å². The lowest BCUT2D eigenvalue weighted by atomic mass is 9.90. The van der Waals surface area contributed by atoms with Crippen molar-refractivity contribution < 1.29 is 4.79 Å². The van der Waals surface area contributed by atoms with Crippen LogP contribution in [0.3, 0.4) is 0 Å². The van der Waals surface area contributed by atoms with Crippen LogP contribution in [-0.4, -0.2) is 17.4 Å². The van der Waals surface area contributed by atoms with Gasteiger partial charge in [0.25, 0.3) is 0 Å². The zero-order valence-electron chi connectivity index (χ0n) is 12.3. The Morgan fingerprint density at radius 3 is 2.38 bits per heavy atom. The second-order valence-corrected chi connectivity index (χ2v) is 5.81. The molecule has 3 rings (SSSR count). The summed E-state index contributed by atoms with van der Waals surface area (Å²) in [5.74, 6) is -0.0109. The molecule has 3 heteroatoms. The van der Waals surface area contributed by atoms with Crippen LogP contribution in [0.4, 0.5) is 0 Å². The number of amides is 1. The lowest BCUT2D eigenvalue weighted by Crippen LogP contribution is -2.52. The van der Waals surface area contributed by atoms with Gasteiger partial charge in [0, 0.05) is 13.1 Å². The molecule has 0 spiro atoms. The summed E-state index contributed by atoms with van der Waals surface area (Å²) < 4.78 is 0. The van der Waals surface area contributed by atoms with Gasteiger partial charge in [-0.1, -0.05) is 54.6 Å². The molecular weight excluding hydrogens is 260 g/mol. The third kappa shape index (κ3) is 2.57. The van der Waals surface area contributed by atoms with E-state index in [0.717, 1.165) is 18.5 Å². The second kappa shape index (κ2) is 5.34. The molecule has 21 heavy (non-hydrogen) atoms. The lowest BCUT2D eigenvalue weighted by Gasteiger charge is -2.35. The Balaban J connectivity index is 1.84. The Bertz CT molecular complexity index is 649. The first-order chi connectivity index (χ1) is 10.1. The fourth-order valence-corrected chi connectivity index (χ4v) is 2.91. The van der Waals surface area contributed by atoms with Gasteiger partial charge >= 0.3 is 0 Å². The van der Waals surface area contributed by atoms with E-state index >= 15 is 0 Å². The van der Waals surface area contributed by atoms with E-state index in [1.54, 1.807) is 6.92 Å². The monoisotopic (exact) mass is 280 g/mol. The van der Waals surface area contributed by atoms with Crippen molar-refractivity contribution in [2.24, 2.45) is 5.73 Å². The summed E-state index contributed by atoms with van der Waals surface area (Å²) in [5, 5.41) is 0. The van der Waals surface area contributed by atoms with Crippen LogP contribution < -0.4 is 5.73 Å². The molecular formula is C18H20N2O. The number of fused-ring (bicyclic) bond motifs is 1. The summed E-state index contributed by atoms with van der Waals surface area (Å²) in [6, 6.07) is 17.9. The van der Waals surface area contributed by atoms with Gasteiger partial charge in [0.15, 0.2) is 0 Å². The van der Waals surface area contributed by atoms with E-state index in [1.165, 1.54) is 11.1 Å². The van der Waals surface area contributed by atoms with Crippen molar-refractivity contribution in [3.05, 3.63) is 71.3 Å². The molecule has 2 N–H and O–H groups in total. The number of nitrogens with zero attached hydrogens (tertiary/aromatic N) is 1. The maximum atomic E-state index is 12.8. The summed E-state index contributed by atoms with van der Waals surface area (Å²) in [7, 11) is 0. The SMILES string of the molecule is CC(N)(C(=O)N1CCc2ccccc2C1)c1ccccc1. The molecule has 0 aliphatic carbocycles. The Morgan fingerprint density at radius 2 is 1.67 bits per heavy atom. The van der Waals surface area contributed by atoms with Crippen molar-refractivity contribution in [3.63, 3.8) is 0 Å². The topological polar surface area (TPSA) is 46.3 Å². The molecule has 1 unspecified atom stereocenters. The van der Waals surface area contributed by atoms with Crippen molar-refractivity contribution in [1.82, 2.24) is 4.90 Å². The summed E-state index contributed by atoms with van der Waals surface area (Å²) in [6.07, 6.45) is 0.896. The third-order valence-electron chi connectivity index (χ3n) is 4.24. The van der Waals surface area contributed by atoms with Crippen molar-refractivity contribution in [1.29, 1.82) is 0 Å². The molecule has 3 nitrogen and oxygen atoms in total. The van der Waals surface area contributed by atoms with Crippen LogP contribution in [0.15, 0.2) is 54.6 Å². The lowest BCUT2D eigenvalue weighted by molar-refractivity contribution is -0.137. The highest BCUT2D eigenvalue weighted by molar-refractivity contribution is 5.87. The minimum absolute atomic E-state index is 0.0109. The maximum absolute atomic E-state index is 12.8. The smallest absolute Gasteiger partial charge is 0.247 e. The van der Waals surface area contributed by atoms with E-state index < -0.39 is 5.54 Å². The van der Waals surface area contributed by atoms with Gasteiger partial charge in [-0.3, -0.25) is 4.79 Å². The van der Waals surface area contributed by atoms with Crippen LogP contribution >= 0.6 is 0 Å². The fourth-order valence-electron chi connectivity index (χ4n) is 2.91. The summed E-state index contributed by atoms with van der Waals surface area (Å²) >= 11 is 0. The molecule has 1 aliphatic heterocycles. The van der Waals surface area contributed by atoms with Crippen LogP contribution in [0, 0.1) is 0 Å². The normalized spacial score (nSPS) is 17.0. The van der Waals surface area contributed by atoms with Gasteiger partial charge in [-0.25, -0.2) is 0 Å². The van der Waals surface area contributed by atoms with Gasteiger partial charge < -0.3 is 10.6 Å². The number of benzene rings is 2. The number of nitrogens with two attached hydrogens (primary N) is 1. The van der Waals surface area contributed by atoms with Gasteiger partial charge in [0.05, 0.1) is 0 Å². The second-order valence-electron chi connectivity index (χ2n) is 5.81. The molecule has 1 aliphatic rings. The minimum atomic E-state index is -0.979. The van der Waals surface area contributed by atoms with Gasteiger partial charge in [-0.15, -0.1) is 0 Å². The number of rotatable bonds is 2. The molecule has 0 radical (unpaired) electrons. The highest BCUT2D eigenvalue weighted by Gasteiger charge is 2.35. The molecule has 0 bridgehead atoms. The predicted octanol–water partition coefficient (Wildman–Crippen LogP) is 2.45. The third-order valence-corrected chi connectivity index (χ3v) is 4.24. The molecule has 1 atom stereocenters. The van der Waals surface area contributed by atoms with E-state index in [2.05, 4.69) is 12.1 Å². The molecule has 108 valence electrons. The average Bonchev–Trinajstić information content (AvgIpc) is 2.54. The Hall–Kier alpha value is -2.13. The first-order valence-corrected chi connectivity index (χ1v) is 7.29. The van der Waals surface area contributed by atoms with Crippen molar-refractivity contribution >= 4 is 5.91 Å². The predicted molar refractivity (Wildman–Crippen MR) is 83.5 cm³/mol. The van der Waals surface area contributed by atoms with Crippen LogP contribution in [0.1, 0.15) is 23.6 Å². The molecule has 1 amide bonds. The quantitative estimate of drug-likeness (QED) is 0.918. The van der Waals surface area contributed by atoms with Crippen molar-refractivity contribution in [2.75, 3.05) is 6.54 Å². The first kappa shape index (κ1) is 13.8. The summed E-state index contributed by atoms with van der Waals surface area (Å²) in [4.78, 5) is 14.7. The van der Waals surface area contributed by atoms with Crippen molar-refractivity contribution in [2.45, 2.75) is 25.4 Å². The summed E-state index contributed by atoms with van der Waals surface area (Å²) in [5.41, 5.74) is 8.77. The number of hydrogen-bond acceptors (Lipinski definition) is 2. The van der Waals surface area contributed by atoms with E-state index in [-0.39, 0.29) is 5.91 Å². The molecule has 0 aromatic heterocycles. The number of hydrogen-bond donors (Lipinski definition) is 1. The Morgan fingerprint density at radius 1 is 1.05 bits per heavy atom. The zero-order chi connectivity index (χ0) is 14.9. The highest BCUT2D eigenvalue weighted by atomic mass is 16.2. The van der Waals surface area contributed by atoms with Gasteiger partial charge in [-0.05, 0) is 30.0 Å². The number of carbonyl (C=O) groups excluding carboxylic acids is 1. The van der Waals surface area contributed by atoms with E-state index in [4.69, 9.17) is 5.73 Å². The van der Waals surface area contributed by atoms with Gasteiger partial charge in [-0.2, -0.15) is 0 Å². The van der Waals surface area contributed by atoms with E-state index in [0.29, 0.717) is 6.54 Å². The van der Waals surface area contributed by atoms with E-state index in [9.17, 15) is 4.79 Å². The maximum Gasteiger partial charge on any atom is 0.247 e. The number of carbonyl (C=O) groups is 1. The molecule has 2 aromatic carbocycles. The van der Waals surface area contributed by atoms with Crippen molar-refractivity contribution in [3.8, 4) is 0 Å². The van der Waals surface area contributed by atoms with Crippen LogP contribution in [0.2, 0.25) is 0 Å². The summed E-state index contributed by atoms with van der Waals surface area (Å²) in [6.45, 7) is 3.18. The van der Waals surface area contributed by atoms with Crippen LogP contribution in [0.25, 0.3) is 0 Å². The average molecular weight is 280 g/mol.